The number of sulfone groups is 1. The number of methoxy groups -OCH3 is 2. The molecule has 160 valence electrons. The van der Waals surface area contributed by atoms with Gasteiger partial charge in [0.05, 0.1) is 24.9 Å². The van der Waals surface area contributed by atoms with Crippen LogP contribution < -0.4 is 19.7 Å². The van der Waals surface area contributed by atoms with E-state index in [2.05, 4.69) is 5.32 Å². The van der Waals surface area contributed by atoms with Crippen LogP contribution in [-0.4, -0.2) is 46.7 Å². The fourth-order valence-electron chi connectivity index (χ4n) is 3.35. The van der Waals surface area contributed by atoms with Crippen molar-refractivity contribution in [1.29, 1.82) is 0 Å². The van der Waals surface area contributed by atoms with Gasteiger partial charge in [0.2, 0.25) is 11.8 Å². The molecule has 1 aliphatic heterocycles. The van der Waals surface area contributed by atoms with Gasteiger partial charge in [0.15, 0.2) is 9.84 Å². The molecule has 0 radical (unpaired) electrons. The third kappa shape index (κ3) is 4.73. The molecule has 0 unspecified atom stereocenters. The Morgan fingerprint density at radius 3 is 2.33 bits per heavy atom. The number of carbonyl (C=O) groups is 2. The zero-order valence-corrected chi connectivity index (χ0v) is 17.9. The number of ether oxygens (including phenoxy) is 2. The largest absolute Gasteiger partial charge is 0.497 e. The van der Waals surface area contributed by atoms with Gasteiger partial charge >= 0.3 is 0 Å². The molecule has 3 rings (SSSR count). The Morgan fingerprint density at radius 1 is 1.07 bits per heavy atom. The second-order valence-corrected chi connectivity index (χ2v) is 9.04. The lowest BCUT2D eigenvalue weighted by Gasteiger charge is -2.15. The second kappa shape index (κ2) is 8.74. The van der Waals surface area contributed by atoms with Gasteiger partial charge < -0.3 is 19.7 Å². The SMILES string of the molecule is COc1cc(NC(=O)CCS(=O)(=O)c2ccc3c(c2)CCN3C(C)=O)cc(OC)c1. The predicted molar refractivity (Wildman–Crippen MR) is 113 cm³/mol. The highest BCUT2D eigenvalue weighted by Gasteiger charge is 2.25. The van der Waals surface area contributed by atoms with Crippen molar-refractivity contribution in [3.63, 3.8) is 0 Å². The van der Waals surface area contributed by atoms with Gasteiger partial charge in [-0.2, -0.15) is 0 Å². The number of amides is 2. The Bertz CT molecular complexity index is 1060. The molecule has 0 saturated carbocycles. The van der Waals surface area contributed by atoms with Crippen LogP contribution in [0, 0.1) is 0 Å². The van der Waals surface area contributed by atoms with E-state index in [4.69, 9.17) is 9.47 Å². The van der Waals surface area contributed by atoms with Gasteiger partial charge in [-0.05, 0) is 30.2 Å². The summed E-state index contributed by atoms with van der Waals surface area (Å²) in [6.07, 6.45) is 0.412. The minimum atomic E-state index is -3.65. The van der Waals surface area contributed by atoms with Crippen LogP contribution in [0.2, 0.25) is 0 Å². The molecule has 1 heterocycles. The average Bonchev–Trinajstić information content (AvgIpc) is 3.15. The number of hydrogen-bond donors (Lipinski definition) is 1. The summed E-state index contributed by atoms with van der Waals surface area (Å²) < 4.78 is 35.7. The molecule has 2 amide bonds. The molecule has 1 N–H and O–H groups in total. The predicted octanol–water partition coefficient (Wildman–Crippen LogP) is 2.42. The smallest absolute Gasteiger partial charge is 0.225 e. The number of hydrogen-bond acceptors (Lipinski definition) is 6. The van der Waals surface area contributed by atoms with Gasteiger partial charge in [0.25, 0.3) is 0 Å². The monoisotopic (exact) mass is 432 g/mol. The number of fused-ring (bicyclic) bond motifs is 1. The molecule has 2 aromatic carbocycles. The molecule has 1 aliphatic rings. The molecule has 0 fully saturated rings. The number of rotatable bonds is 7. The quantitative estimate of drug-likeness (QED) is 0.721. The highest BCUT2D eigenvalue weighted by atomic mass is 32.2. The van der Waals surface area contributed by atoms with Gasteiger partial charge in [0, 0.05) is 49.5 Å². The first-order chi connectivity index (χ1) is 14.2. The third-order valence-electron chi connectivity index (χ3n) is 4.92. The van der Waals surface area contributed by atoms with E-state index in [1.165, 1.54) is 27.2 Å². The average molecular weight is 432 g/mol. The van der Waals surface area contributed by atoms with Crippen LogP contribution in [0.5, 0.6) is 11.5 Å². The zero-order valence-electron chi connectivity index (χ0n) is 17.1. The summed E-state index contributed by atoms with van der Waals surface area (Å²) >= 11 is 0. The van der Waals surface area contributed by atoms with Gasteiger partial charge in [-0.25, -0.2) is 8.42 Å². The van der Waals surface area contributed by atoms with Crippen LogP contribution in [0.15, 0.2) is 41.3 Å². The van der Waals surface area contributed by atoms with Crippen LogP contribution in [0.25, 0.3) is 0 Å². The summed E-state index contributed by atoms with van der Waals surface area (Å²) in [6, 6.07) is 9.64. The number of benzene rings is 2. The van der Waals surface area contributed by atoms with Crippen molar-refractivity contribution in [1.82, 2.24) is 0 Å². The maximum Gasteiger partial charge on any atom is 0.225 e. The van der Waals surface area contributed by atoms with Gasteiger partial charge in [-0.3, -0.25) is 9.59 Å². The second-order valence-electron chi connectivity index (χ2n) is 6.93. The van der Waals surface area contributed by atoms with E-state index < -0.39 is 15.7 Å². The zero-order chi connectivity index (χ0) is 21.9. The third-order valence-corrected chi connectivity index (χ3v) is 6.63. The number of nitrogens with one attached hydrogen (secondary N) is 1. The molecule has 0 bridgehead atoms. The Kier molecular flexibility index (Phi) is 6.31. The highest BCUT2D eigenvalue weighted by Crippen LogP contribution is 2.31. The lowest BCUT2D eigenvalue weighted by Crippen LogP contribution is -2.25. The first-order valence-corrected chi connectivity index (χ1v) is 11.1. The fourth-order valence-corrected chi connectivity index (χ4v) is 4.63. The Hall–Kier alpha value is -3.07. The van der Waals surface area contributed by atoms with Crippen LogP contribution in [0.4, 0.5) is 11.4 Å². The summed E-state index contributed by atoms with van der Waals surface area (Å²) in [7, 11) is -0.648. The number of nitrogens with zero attached hydrogens (tertiary/aromatic N) is 1. The number of carbonyl (C=O) groups excluding carboxylic acids is 2. The maximum absolute atomic E-state index is 12.7. The minimum absolute atomic E-state index is 0.0739. The van der Waals surface area contributed by atoms with E-state index in [1.807, 2.05) is 0 Å². The molecule has 0 atom stereocenters. The molecule has 0 aliphatic carbocycles. The molecule has 0 spiro atoms. The Labute approximate surface area is 175 Å². The van der Waals surface area contributed by atoms with Crippen molar-refractivity contribution in [2.45, 2.75) is 24.7 Å². The number of anilines is 2. The van der Waals surface area contributed by atoms with Crippen molar-refractivity contribution < 1.29 is 27.5 Å². The normalized spacial score (nSPS) is 13.0. The molecule has 8 nitrogen and oxygen atoms in total. The summed E-state index contributed by atoms with van der Waals surface area (Å²) in [5.41, 5.74) is 2.01. The molecule has 0 saturated heterocycles. The van der Waals surface area contributed by atoms with Crippen molar-refractivity contribution in [2.24, 2.45) is 0 Å². The van der Waals surface area contributed by atoms with Crippen LogP contribution in [-0.2, 0) is 25.8 Å². The van der Waals surface area contributed by atoms with Gasteiger partial charge in [-0.15, -0.1) is 0 Å². The van der Waals surface area contributed by atoms with E-state index in [9.17, 15) is 18.0 Å². The summed E-state index contributed by atoms with van der Waals surface area (Å²) in [6.45, 7) is 2.02. The van der Waals surface area contributed by atoms with Gasteiger partial charge in [0.1, 0.15) is 11.5 Å². The lowest BCUT2D eigenvalue weighted by molar-refractivity contribution is -0.117. The van der Waals surface area contributed by atoms with E-state index in [1.54, 1.807) is 35.2 Å². The van der Waals surface area contributed by atoms with Crippen molar-refractivity contribution in [3.8, 4) is 11.5 Å². The summed E-state index contributed by atoms with van der Waals surface area (Å²) in [5.74, 6) is 0.188. The van der Waals surface area contributed by atoms with E-state index in [0.29, 0.717) is 30.2 Å². The minimum Gasteiger partial charge on any atom is -0.497 e. The van der Waals surface area contributed by atoms with Crippen molar-refractivity contribution in [3.05, 3.63) is 42.0 Å². The molecule has 2 aromatic rings. The first-order valence-electron chi connectivity index (χ1n) is 9.40. The van der Waals surface area contributed by atoms with E-state index in [-0.39, 0.29) is 23.0 Å². The maximum atomic E-state index is 12.7. The summed E-state index contributed by atoms with van der Waals surface area (Å²) in [5, 5.41) is 2.67. The molecular formula is C21H24N2O6S. The Balaban J connectivity index is 1.67. The van der Waals surface area contributed by atoms with Crippen molar-refractivity contribution >= 4 is 33.0 Å². The Morgan fingerprint density at radius 2 is 1.73 bits per heavy atom. The topological polar surface area (TPSA) is 102 Å². The molecule has 30 heavy (non-hydrogen) atoms. The van der Waals surface area contributed by atoms with Crippen LogP contribution >= 0.6 is 0 Å². The molecular weight excluding hydrogens is 408 g/mol. The first kappa shape index (κ1) is 21.6. The standard InChI is InChI=1S/C21H24N2O6S/c1-14(24)23-8-6-15-10-19(4-5-20(15)23)30(26,27)9-7-21(25)22-16-11-17(28-2)13-18(12-16)29-3/h4-5,10-13H,6-9H2,1-3H3,(H,22,25). The fraction of sp³-hybridized carbons (Fsp3) is 0.333. The van der Waals surface area contributed by atoms with Crippen molar-refractivity contribution in [2.75, 3.05) is 36.7 Å². The lowest BCUT2D eigenvalue weighted by atomic mass is 10.2. The van der Waals surface area contributed by atoms with E-state index in [0.717, 1.165) is 11.3 Å². The summed E-state index contributed by atoms with van der Waals surface area (Å²) in [4.78, 5) is 25.7. The van der Waals surface area contributed by atoms with Crippen LogP contribution in [0.3, 0.4) is 0 Å². The van der Waals surface area contributed by atoms with Gasteiger partial charge in [-0.1, -0.05) is 0 Å². The van der Waals surface area contributed by atoms with Crippen LogP contribution in [0.1, 0.15) is 18.9 Å². The van der Waals surface area contributed by atoms with E-state index >= 15 is 0 Å². The molecule has 0 aromatic heterocycles. The molecule has 9 heteroatoms. The highest BCUT2D eigenvalue weighted by molar-refractivity contribution is 7.91.